The molecule has 0 aliphatic heterocycles. The maximum atomic E-state index is 12.0. The fourth-order valence-corrected chi connectivity index (χ4v) is 1.75. The zero-order chi connectivity index (χ0) is 12.4. The van der Waals surface area contributed by atoms with Gasteiger partial charge in [0.2, 0.25) is 0 Å². The smallest absolute Gasteiger partial charge is 0.323 e. The molecule has 1 aromatic carbocycles. The van der Waals surface area contributed by atoms with Crippen molar-refractivity contribution in [2.45, 2.75) is 0 Å². The second-order valence-electron chi connectivity index (χ2n) is 3.80. The number of nitrogens with one attached hydrogen (secondary N) is 1. The van der Waals surface area contributed by atoms with E-state index in [1.165, 1.54) is 11.9 Å². The van der Waals surface area contributed by atoms with E-state index >= 15 is 0 Å². The van der Waals surface area contributed by atoms with Crippen molar-refractivity contribution in [2.24, 2.45) is 0 Å². The lowest BCUT2D eigenvalue weighted by Gasteiger charge is -2.14. The molecule has 0 saturated carbocycles. The number of H-pyrrole nitrogens is 1. The minimum absolute atomic E-state index is 0.294. The van der Waals surface area contributed by atoms with Crippen LogP contribution in [-0.4, -0.2) is 40.5 Å². The van der Waals surface area contributed by atoms with Gasteiger partial charge in [-0.05, 0) is 18.2 Å². The highest BCUT2D eigenvalue weighted by Crippen LogP contribution is 2.18. The van der Waals surface area contributed by atoms with Gasteiger partial charge in [0.1, 0.15) is 6.54 Å². The second kappa shape index (κ2) is 4.29. The number of likely N-dealkylation sites (N-methyl/N-ethyl adjacent to an activating group) is 1. The van der Waals surface area contributed by atoms with Gasteiger partial charge >= 0.3 is 5.97 Å². The van der Waals surface area contributed by atoms with Gasteiger partial charge in [-0.15, -0.1) is 0 Å². The third-order valence-electron chi connectivity index (χ3n) is 2.54. The number of hydrogen-bond donors (Lipinski definition) is 2. The van der Waals surface area contributed by atoms with Gasteiger partial charge in [0, 0.05) is 29.7 Å². The van der Waals surface area contributed by atoms with E-state index in [-0.39, 0.29) is 12.5 Å². The summed E-state index contributed by atoms with van der Waals surface area (Å²) in [7, 11) is 1.47. The Morgan fingerprint density at radius 2 is 2.12 bits per heavy atom. The molecule has 0 atom stereocenters. The molecule has 1 heterocycles. The summed E-state index contributed by atoms with van der Waals surface area (Å²) in [6.45, 7) is -0.306. The van der Waals surface area contributed by atoms with E-state index < -0.39 is 5.97 Å². The largest absolute Gasteiger partial charge is 0.480 e. The first-order valence-electron chi connectivity index (χ1n) is 5.13. The van der Waals surface area contributed by atoms with Crippen LogP contribution in [0.15, 0.2) is 30.5 Å². The quantitative estimate of drug-likeness (QED) is 0.838. The number of amides is 1. The molecular formula is C12H12N2O3. The van der Waals surface area contributed by atoms with Crippen LogP contribution in [0.5, 0.6) is 0 Å². The highest BCUT2D eigenvalue weighted by atomic mass is 16.4. The van der Waals surface area contributed by atoms with Crippen LogP contribution in [0, 0.1) is 0 Å². The van der Waals surface area contributed by atoms with Gasteiger partial charge in [0.15, 0.2) is 0 Å². The fourth-order valence-electron chi connectivity index (χ4n) is 1.75. The average molecular weight is 232 g/mol. The van der Waals surface area contributed by atoms with Crippen LogP contribution < -0.4 is 0 Å². The van der Waals surface area contributed by atoms with Gasteiger partial charge < -0.3 is 15.0 Å². The molecule has 88 valence electrons. The van der Waals surface area contributed by atoms with Crippen LogP contribution in [0.25, 0.3) is 10.9 Å². The molecule has 2 N–H and O–H groups in total. The number of carbonyl (C=O) groups excluding carboxylic acids is 1. The van der Waals surface area contributed by atoms with Gasteiger partial charge in [-0.1, -0.05) is 6.07 Å². The van der Waals surface area contributed by atoms with Crippen molar-refractivity contribution < 1.29 is 14.7 Å². The Morgan fingerprint density at radius 3 is 2.82 bits per heavy atom. The summed E-state index contributed by atoms with van der Waals surface area (Å²) < 4.78 is 0. The molecule has 0 fully saturated rings. The molecule has 0 radical (unpaired) electrons. The zero-order valence-electron chi connectivity index (χ0n) is 9.30. The molecule has 0 aliphatic carbocycles. The van der Waals surface area contributed by atoms with E-state index in [2.05, 4.69) is 4.98 Å². The standard InChI is InChI=1S/C12H12N2O3/c1-14(7-11(15)16)12(17)9-3-2-4-10-8(9)5-6-13-10/h2-6,13H,7H2,1H3,(H,15,16). The number of benzene rings is 1. The van der Waals surface area contributed by atoms with Gasteiger partial charge in [-0.25, -0.2) is 0 Å². The Labute approximate surface area is 97.7 Å². The number of rotatable bonds is 3. The lowest BCUT2D eigenvalue weighted by atomic mass is 10.1. The Hall–Kier alpha value is -2.30. The van der Waals surface area contributed by atoms with Crippen LogP contribution in [0.3, 0.4) is 0 Å². The molecule has 5 nitrogen and oxygen atoms in total. The van der Waals surface area contributed by atoms with E-state index in [1.807, 2.05) is 6.07 Å². The van der Waals surface area contributed by atoms with Crippen molar-refractivity contribution in [3.8, 4) is 0 Å². The Balaban J connectivity index is 2.36. The number of nitrogens with zero attached hydrogens (tertiary/aromatic N) is 1. The summed E-state index contributed by atoms with van der Waals surface area (Å²) in [4.78, 5) is 26.8. The Morgan fingerprint density at radius 1 is 1.35 bits per heavy atom. The maximum Gasteiger partial charge on any atom is 0.323 e. The van der Waals surface area contributed by atoms with Gasteiger partial charge in [-0.2, -0.15) is 0 Å². The predicted octanol–water partition coefficient (Wildman–Crippen LogP) is 1.32. The van der Waals surface area contributed by atoms with E-state index in [4.69, 9.17) is 5.11 Å². The van der Waals surface area contributed by atoms with Crippen molar-refractivity contribution in [3.63, 3.8) is 0 Å². The van der Waals surface area contributed by atoms with E-state index in [0.29, 0.717) is 5.56 Å². The lowest BCUT2D eigenvalue weighted by molar-refractivity contribution is -0.137. The summed E-state index contributed by atoms with van der Waals surface area (Å²) in [5.41, 5.74) is 1.37. The maximum absolute atomic E-state index is 12.0. The SMILES string of the molecule is CN(CC(=O)O)C(=O)c1cccc2[nH]ccc12. The van der Waals surface area contributed by atoms with Crippen LogP contribution in [0.2, 0.25) is 0 Å². The fraction of sp³-hybridized carbons (Fsp3) is 0.167. The Kier molecular flexibility index (Phi) is 2.82. The van der Waals surface area contributed by atoms with Crippen LogP contribution in [-0.2, 0) is 4.79 Å². The van der Waals surface area contributed by atoms with Crippen molar-refractivity contribution in [3.05, 3.63) is 36.0 Å². The lowest BCUT2D eigenvalue weighted by Crippen LogP contribution is -2.31. The summed E-state index contributed by atoms with van der Waals surface area (Å²) in [6, 6.07) is 7.12. The van der Waals surface area contributed by atoms with Gasteiger partial charge in [0.25, 0.3) is 5.91 Å². The first-order valence-corrected chi connectivity index (χ1v) is 5.13. The van der Waals surface area contributed by atoms with Gasteiger partial charge in [0.05, 0.1) is 0 Å². The van der Waals surface area contributed by atoms with Crippen molar-refractivity contribution in [1.82, 2.24) is 9.88 Å². The summed E-state index contributed by atoms with van der Waals surface area (Å²) in [5, 5.41) is 9.45. The molecular weight excluding hydrogens is 220 g/mol. The molecule has 2 rings (SSSR count). The summed E-state index contributed by atoms with van der Waals surface area (Å²) in [6.07, 6.45) is 1.75. The molecule has 2 aromatic rings. The first-order chi connectivity index (χ1) is 8.09. The van der Waals surface area contributed by atoms with Crippen molar-refractivity contribution in [2.75, 3.05) is 13.6 Å². The highest BCUT2D eigenvalue weighted by Gasteiger charge is 2.16. The third-order valence-corrected chi connectivity index (χ3v) is 2.54. The van der Waals surface area contributed by atoms with Crippen molar-refractivity contribution >= 4 is 22.8 Å². The van der Waals surface area contributed by atoms with Crippen molar-refractivity contribution in [1.29, 1.82) is 0 Å². The minimum atomic E-state index is -1.03. The topological polar surface area (TPSA) is 73.4 Å². The molecule has 0 bridgehead atoms. The van der Waals surface area contributed by atoms with E-state index in [9.17, 15) is 9.59 Å². The number of carbonyl (C=O) groups is 2. The normalized spacial score (nSPS) is 10.4. The van der Waals surface area contributed by atoms with E-state index in [1.54, 1.807) is 24.4 Å². The number of carboxylic acids is 1. The minimum Gasteiger partial charge on any atom is -0.480 e. The number of carboxylic acid groups (broad SMARTS) is 1. The molecule has 5 heteroatoms. The number of aliphatic carboxylic acids is 1. The average Bonchev–Trinajstić information content (AvgIpc) is 2.74. The molecule has 1 amide bonds. The zero-order valence-corrected chi connectivity index (χ0v) is 9.30. The highest BCUT2D eigenvalue weighted by molar-refractivity contribution is 6.06. The molecule has 17 heavy (non-hydrogen) atoms. The molecule has 0 aliphatic rings. The Bertz CT molecular complexity index is 574. The van der Waals surface area contributed by atoms with Crippen LogP contribution in [0.1, 0.15) is 10.4 Å². The number of fused-ring (bicyclic) bond motifs is 1. The molecule has 0 unspecified atom stereocenters. The van der Waals surface area contributed by atoms with Crippen LogP contribution in [0.4, 0.5) is 0 Å². The summed E-state index contributed by atoms with van der Waals surface area (Å²) in [5.74, 6) is -1.32. The molecule has 0 spiro atoms. The molecule has 1 aromatic heterocycles. The predicted molar refractivity (Wildman–Crippen MR) is 62.9 cm³/mol. The summed E-state index contributed by atoms with van der Waals surface area (Å²) >= 11 is 0. The number of aromatic nitrogens is 1. The first kappa shape index (κ1) is 11.2. The van der Waals surface area contributed by atoms with Gasteiger partial charge in [-0.3, -0.25) is 9.59 Å². The third kappa shape index (κ3) is 2.13. The van der Waals surface area contributed by atoms with E-state index in [0.717, 1.165) is 10.9 Å². The second-order valence-corrected chi connectivity index (χ2v) is 3.80. The monoisotopic (exact) mass is 232 g/mol. The molecule has 0 saturated heterocycles. The number of aromatic amines is 1. The van der Waals surface area contributed by atoms with Crippen LogP contribution >= 0.6 is 0 Å². The number of hydrogen-bond acceptors (Lipinski definition) is 2.